The zero-order valence-electron chi connectivity index (χ0n) is 11.9. The second-order valence-electron chi connectivity index (χ2n) is 5.12. The summed E-state index contributed by atoms with van der Waals surface area (Å²) < 4.78 is 0. The highest BCUT2D eigenvalue weighted by atomic mass is 35.5. The third kappa shape index (κ3) is 3.09. The first-order valence-electron chi connectivity index (χ1n) is 6.86. The monoisotopic (exact) mass is 352 g/mol. The van der Waals surface area contributed by atoms with E-state index < -0.39 is 0 Å². The fourth-order valence-electron chi connectivity index (χ4n) is 2.45. The molecular weight excluding hydrogens is 339 g/mol. The maximum Gasteiger partial charge on any atom is 0.236 e. The first-order valence-corrected chi connectivity index (χ1v) is 8.56. The molecule has 3 rings (SSSR count). The van der Waals surface area contributed by atoms with Gasteiger partial charge in [-0.25, -0.2) is 0 Å². The van der Waals surface area contributed by atoms with Gasteiger partial charge in [-0.3, -0.25) is 9.78 Å². The lowest BCUT2D eigenvalue weighted by Crippen LogP contribution is -2.30. The minimum Gasteiger partial charge on any atom is -0.321 e. The molecule has 1 aliphatic heterocycles. The smallest absolute Gasteiger partial charge is 0.236 e. The van der Waals surface area contributed by atoms with E-state index >= 15 is 0 Å². The Balaban J connectivity index is 1.90. The fourth-order valence-corrected chi connectivity index (χ4v) is 4.18. The largest absolute Gasteiger partial charge is 0.321 e. The van der Waals surface area contributed by atoms with Crippen molar-refractivity contribution in [3.8, 4) is 0 Å². The van der Waals surface area contributed by atoms with Crippen molar-refractivity contribution in [2.75, 3.05) is 0 Å². The van der Waals surface area contributed by atoms with Gasteiger partial charge in [0.25, 0.3) is 0 Å². The standard InChI is InChI=1S/C16H14Cl2N2OS/c1-10-15(21)20(9-12-4-5-13(17)7-14(12)18)16(22-10)11-3-2-6-19-8-11/h2-8,10,16H,9H2,1H3. The van der Waals surface area contributed by atoms with E-state index in [9.17, 15) is 4.79 Å². The molecule has 1 fully saturated rings. The molecule has 2 heterocycles. The Morgan fingerprint density at radius 1 is 1.32 bits per heavy atom. The number of amides is 1. The van der Waals surface area contributed by atoms with Crippen molar-refractivity contribution in [3.63, 3.8) is 0 Å². The number of hydrogen-bond donors (Lipinski definition) is 0. The molecule has 1 aromatic carbocycles. The van der Waals surface area contributed by atoms with Crippen LogP contribution < -0.4 is 0 Å². The summed E-state index contributed by atoms with van der Waals surface area (Å²) in [6.45, 7) is 2.39. The summed E-state index contributed by atoms with van der Waals surface area (Å²) in [5, 5.41) is 1.06. The molecule has 1 aliphatic rings. The topological polar surface area (TPSA) is 33.2 Å². The molecular formula is C16H14Cl2N2OS. The number of carbonyl (C=O) groups excluding carboxylic acids is 1. The third-order valence-electron chi connectivity index (χ3n) is 3.57. The summed E-state index contributed by atoms with van der Waals surface area (Å²) >= 11 is 13.8. The van der Waals surface area contributed by atoms with Crippen LogP contribution in [0.3, 0.4) is 0 Å². The number of nitrogens with zero attached hydrogens (tertiary/aromatic N) is 2. The molecule has 1 aromatic heterocycles. The van der Waals surface area contributed by atoms with Gasteiger partial charge < -0.3 is 4.90 Å². The quantitative estimate of drug-likeness (QED) is 0.812. The molecule has 0 spiro atoms. The predicted octanol–water partition coefficient (Wildman–Crippen LogP) is 4.55. The van der Waals surface area contributed by atoms with E-state index in [1.807, 2.05) is 30.0 Å². The highest BCUT2D eigenvalue weighted by Crippen LogP contribution is 2.43. The van der Waals surface area contributed by atoms with Crippen LogP contribution in [0.25, 0.3) is 0 Å². The molecule has 3 nitrogen and oxygen atoms in total. The number of thioether (sulfide) groups is 1. The number of pyridine rings is 1. The number of halogens is 2. The van der Waals surface area contributed by atoms with Gasteiger partial charge in [-0.05, 0) is 30.7 Å². The fraction of sp³-hybridized carbons (Fsp3) is 0.250. The van der Waals surface area contributed by atoms with Crippen molar-refractivity contribution in [1.82, 2.24) is 9.88 Å². The van der Waals surface area contributed by atoms with E-state index in [1.165, 1.54) is 0 Å². The lowest BCUT2D eigenvalue weighted by Gasteiger charge is -2.24. The number of rotatable bonds is 3. The molecule has 0 saturated carbocycles. The van der Waals surface area contributed by atoms with E-state index in [-0.39, 0.29) is 16.5 Å². The van der Waals surface area contributed by atoms with Gasteiger partial charge >= 0.3 is 0 Å². The first kappa shape index (κ1) is 15.7. The zero-order chi connectivity index (χ0) is 15.7. The van der Waals surface area contributed by atoms with Gasteiger partial charge in [0.15, 0.2) is 0 Å². The molecule has 0 bridgehead atoms. The average molecular weight is 353 g/mol. The summed E-state index contributed by atoms with van der Waals surface area (Å²) in [5.41, 5.74) is 1.92. The third-order valence-corrected chi connectivity index (χ3v) is 5.55. The van der Waals surface area contributed by atoms with Crippen LogP contribution in [0.1, 0.15) is 23.4 Å². The van der Waals surface area contributed by atoms with Crippen molar-refractivity contribution in [1.29, 1.82) is 0 Å². The van der Waals surface area contributed by atoms with Gasteiger partial charge in [0.05, 0.1) is 5.25 Å². The number of hydrogen-bond acceptors (Lipinski definition) is 3. The van der Waals surface area contributed by atoms with Crippen molar-refractivity contribution in [3.05, 3.63) is 63.9 Å². The molecule has 114 valence electrons. The molecule has 1 saturated heterocycles. The Kier molecular flexibility index (Phi) is 4.62. The molecule has 2 unspecified atom stereocenters. The average Bonchev–Trinajstić information content (AvgIpc) is 2.79. The Bertz CT molecular complexity index is 696. The summed E-state index contributed by atoms with van der Waals surface area (Å²) in [6, 6.07) is 9.24. The van der Waals surface area contributed by atoms with Gasteiger partial charge in [-0.2, -0.15) is 0 Å². The lowest BCUT2D eigenvalue weighted by molar-refractivity contribution is -0.130. The Labute approximate surface area is 143 Å². The molecule has 22 heavy (non-hydrogen) atoms. The van der Waals surface area contributed by atoms with Gasteiger partial charge in [-0.1, -0.05) is 35.3 Å². The van der Waals surface area contributed by atoms with Crippen molar-refractivity contribution in [2.45, 2.75) is 24.1 Å². The van der Waals surface area contributed by atoms with Crippen LogP contribution in [-0.2, 0) is 11.3 Å². The predicted molar refractivity (Wildman–Crippen MR) is 91.0 cm³/mol. The van der Waals surface area contributed by atoms with Crippen LogP contribution in [-0.4, -0.2) is 21.0 Å². The van der Waals surface area contributed by atoms with Crippen molar-refractivity contribution >= 4 is 40.9 Å². The second-order valence-corrected chi connectivity index (χ2v) is 7.39. The number of aromatic nitrogens is 1. The van der Waals surface area contributed by atoms with Gasteiger partial charge in [0.1, 0.15) is 5.37 Å². The number of carbonyl (C=O) groups is 1. The Morgan fingerprint density at radius 2 is 2.14 bits per heavy atom. The van der Waals surface area contributed by atoms with E-state index in [0.29, 0.717) is 16.6 Å². The zero-order valence-corrected chi connectivity index (χ0v) is 14.2. The minimum absolute atomic E-state index is 0.0389. The van der Waals surface area contributed by atoms with Crippen LogP contribution in [0, 0.1) is 0 Å². The van der Waals surface area contributed by atoms with Crippen molar-refractivity contribution in [2.24, 2.45) is 0 Å². The molecule has 2 atom stereocenters. The maximum absolute atomic E-state index is 12.5. The molecule has 0 radical (unpaired) electrons. The molecule has 2 aromatic rings. The normalized spacial score (nSPS) is 21.4. The van der Waals surface area contributed by atoms with Gasteiger partial charge in [-0.15, -0.1) is 11.8 Å². The molecule has 1 amide bonds. The summed E-state index contributed by atoms with van der Waals surface area (Å²) in [7, 11) is 0. The molecule has 6 heteroatoms. The van der Waals surface area contributed by atoms with Crippen molar-refractivity contribution < 1.29 is 4.79 Å². The van der Waals surface area contributed by atoms with Gasteiger partial charge in [0.2, 0.25) is 5.91 Å². The highest BCUT2D eigenvalue weighted by Gasteiger charge is 2.38. The maximum atomic E-state index is 12.5. The SMILES string of the molecule is CC1SC(c2cccnc2)N(Cc2ccc(Cl)cc2Cl)C1=O. The van der Waals surface area contributed by atoms with E-state index in [0.717, 1.165) is 11.1 Å². The van der Waals surface area contributed by atoms with Crippen LogP contribution >= 0.6 is 35.0 Å². The van der Waals surface area contributed by atoms with Crippen LogP contribution in [0.2, 0.25) is 10.0 Å². The summed E-state index contributed by atoms with van der Waals surface area (Å²) in [5.74, 6) is 0.116. The van der Waals surface area contributed by atoms with Crippen LogP contribution in [0.15, 0.2) is 42.7 Å². The summed E-state index contributed by atoms with van der Waals surface area (Å²) in [4.78, 5) is 18.5. The second kappa shape index (κ2) is 6.49. The Hall–Kier alpha value is -1.23. The lowest BCUT2D eigenvalue weighted by atomic mass is 10.2. The van der Waals surface area contributed by atoms with E-state index in [2.05, 4.69) is 4.98 Å². The van der Waals surface area contributed by atoms with E-state index in [4.69, 9.17) is 23.2 Å². The highest BCUT2D eigenvalue weighted by molar-refractivity contribution is 8.01. The first-order chi connectivity index (χ1) is 10.6. The molecule has 0 N–H and O–H groups in total. The molecule has 0 aliphatic carbocycles. The van der Waals surface area contributed by atoms with Gasteiger partial charge in [0, 0.05) is 34.5 Å². The van der Waals surface area contributed by atoms with E-state index in [1.54, 1.807) is 36.3 Å². The minimum atomic E-state index is -0.0729. The number of benzene rings is 1. The Morgan fingerprint density at radius 3 is 2.82 bits per heavy atom. The summed E-state index contributed by atoms with van der Waals surface area (Å²) in [6.07, 6.45) is 3.54. The van der Waals surface area contributed by atoms with Crippen LogP contribution in [0.4, 0.5) is 0 Å². The van der Waals surface area contributed by atoms with Crippen LogP contribution in [0.5, 0.6) is 0 Å².